The van der Waals surface area contributed by atoms with Crippen molar-refractivity contribution in [2.24, 2.45) is 0 Å². The average molecular weight is 323 g/mol. The number of fused-ring (bicyclic) bond motifs is 1. The number of benzene rings is 2. The Morgan fingerprint density at radius 1 is 1.12 bits per heavy atom. The minimum atomic E-state index is -0.827. The second kappa shape index (κ2) is 6.58. The Morgan fingerprint density at radius 2 is 1.88 bits per heavy atom. The number of hydrogen-bond donors (Lipinski definition) is 2. The monoisotopic (exact) mass is 323 g/mol. The summed E-state index contributed by atoms with van der Waals surface area (Å²) in [6.07, 6.45) is 0.708. The Kier molecular flexibility index (Phi) is 4.33. The van der Waals surface area contributed by atoms with E-state index < -0.39 is 11.5 Å². The third-order valence-electron chi connectivity index (χ3n) is 3.78. The van der Waals surface area contributed by atoms with Crippen LogP contribution in [0.15, 0.2) is 53.3 Å². The average Bonchev–Trinajstić information content (AvgIpc) is 2.56. The summed E-state index contributed by atoms with van der Waals surface area (Å²) in [4.78, 5) is 26.6. The second-order valence-electron chi connectivity index (χ2n) is 5.44. The van der Waals surface area contributed by atoms with Crippen LogP contribution >= 0.6 is 0 Å². The van der Waals surface area contributed by atoms with Crippen LogP contribution in [0.4, 0.5) is 0 Å². The highest BCUT2D eigenvalue weighted by atomic mass is 16.5. The van der Waals surface area contributed by atoms with Crippen LogP contribution in [0.3, 0.4) is 0 Å². The zero-order valence-electron chi connectivity index (χ0n) is 13.2. The van der Waals surface area contributed by atoms with Crippen molar-refractivity contribution in [3.8, 4) is 5.75 Å². The number of aromatic nitrogens is 1. The summed E-state index contributed by atoms with van der Waals surface area (Å²) in [5.74, 6) is -1.18. The van der Waals surface area contributed by atoms with E-state index in [2.05, 4.69) is 4.98 Å². The van der Waals surface area contributed by atoms with Crippen molar-refractivity contribution in [3.05, 3.63) is 75.6 Å². The molecule has 0 unspecified atom stereocenters. The maximum Gasteiger partial charge on any atom is 0.347 e. The molecule has 0 aliphatic heterocycles. The first-order chi connectivity index (χ1) is 11.6. The zero-order valence-corrected chi connectivity index (χ0v) is 13.2. The first kappa shape index (κ1) is 15.8. The predicted octanol–water partition coefficient (Wildman–Crippen LogP) is 3.00. The van der Waals surface area contributed by atoms with Crippen LogP contribution in [0.5, 0.6) is 5.75 Å². The van der Waals surface area contributed by atoms with E-state index in [1.165, 1.54) is 0 Å². The van der Waals surface area contributed by atoms with Crippen LogP contribution in [-0.2, 0) is 11.2 Å². The van der Waals surface area contributed by atoms with Gasteiger partial charge in [-0.3, -0.25) is 4.79 Å². The van der Waals surface area contributed by atoms with E-state index in [0.717, 1.165) is 11.1 Å². The summed E-state index contributed by atoms with van der Waals surface area (Å²) in [6.45, 7) is 1.77. The van der Waals surface area contributed by atoms with Crippen LogP contribution in [0.2, 0.25) is 0 Å². The third kappa shape index (κ3) is 3.01. The van der Waals surface area contributed by atoms with Gasteiger partial charge in [-0.25, -0.2) is 4.79 Å². The van der Waals surface area contributed by atoms with Gasteiger partial charge in [0.25, 0.3) is 5.56 Å². The molecule has 1 heterocycles. The van der Waals surface area contributed by atoms with E-state index in [4.69, 9.17) is 4.74 Å². The molecular weight excluding hydrogens is 306 g/mol. The molecule has 0 amide bonds. The highest BCUT2D eigenvalue weighted by molar-refractivity contribution is 5.99. The Balaban J connectivity index is 2.04. The van der Waals surface area contributed by atoms with Gasteiger partial charge in [-0.2, -0.15) is 0 Å². The Morgan fingerprint density at radius 3 is 2.58 bits per heavy atom. The molecule has 24 heavy (non-hydrogen) atoms. The molecular formula is C19H17NO4. The topological polar surface area (TPSA) is 79.4 Å². The molecule has 0 fully saturated rings. The van der Waals surface area contributed by atoms with Crippen molar-refractivity contribution < 1.29 is 14.6 Å². The normalized spacial score (nSPS) is 10.7. The quantitative estimate of drug-likeness (QED) is 0.723. The number of pyridine rings is 1. The number of nitrogens with one attached hydrogen (secondary N) is 1. The lowest BCUT2D eigenvalue weighted by molar-refractivity contribution is 0.0521. The number of carbonyl (C=O) groups is 1. The fourth-order valence-electron chi connectivity index (χ4n) is 2.66. The standard InChI is InChI=1S/C19H17NO4/c1-2-24-19(23)16-17(21)14-9-8-13(11-15(14)20-18(16)22)10-12-6-4-3-5-7-12/h3-9,11H,2,10H2,1H3,(H2,20,21,22). The lowest BCUT2D eigenvalue weighted by Gasteiger charge is -2.09. The van der Waals surface area contributed by atoms with Crippen LogP contribution < -0.4 is 5.56 Å². The molecule has 0 spiro atoms. The van der Waals surface area contributed by atoms with Crippen molar-refractivity contribution in [1.29, 1.82) is 0 Å². The van der Waals surface area contributed by atoms with Gasteiger partial charge in [-0.15, -0.1) is 0 Å². The molecule has 0 saturated heterocycles. The predicted molar refractivity (Wildman–Crippen MR) is 91.4 cm³/mol. The SMILES string of the molecule is CCOC(=O)c1c(O)c2ccc(Cc3ccccc3)cc2[nH]c1=O. The number of aromatic hydroxyl groups is 1. The van der Waals surface area contributed by atoms with Crippen LogP contribution in [0, 0.1) is 0 Å². The highest BCUT2D eigenvalue weighted by Gasteiger charge is 2.20. The highest BCUT2D eigenvalue weighted by Crippen LogP contribution is 2.26. The van der Waals surface area contributed by atoms with Gasteiger partial charge in [0.15, 0.2) is 5.56 Å². The summed E-state index contributed by atoms with van der Waals surface area (Å²) >= 11 is 0. The van der Waals surface area contributed by atoms with E-state index >= 15 is 0 Å². The fourth-order valence-corrected chi connectivity index (χ4v) is 2.66. The number of carbonyl (C=O) groups excluding carboxylic acids is 1. The molecule has 0 aliphatic carbocycles. The van der Waals surface area contributed by atoms with Gasteiger partial charge in [0.1, 0.15) is 5.75 Å². The molecule has 122 valence electrons. The molecule has 0 radical (unpaired) electrons. The van der Waals surface area contributed by atoms with Gasteiger partial charge >= 0.3 is 5.97 Å². The maximum atomic E-state index is 12.1. The molecule has 0 aliphatic rings. The summed E-state index contributed by atoms with van der Waals surface area (Å²) in [5, 5.41) is 10.7. The Bertz CT molecular complexity index is 945. The minimum Gasteiger partial charge on any atom is -0.506 e. The van der Waals surface area contributed by atoms with Crippen molar-refractivity contribution in [2.45, 2.75) is 13.3 Å². The van der Waals surface area contributed by atoms with E-state index in [9.17, 15) is 14.7 Å². The first-order valence-corrected chi connectivity index (χ1v) is 7.69. The number of hydrogen-bond acceptors (Lipinski definition) is 4. The number of ether oxygens (including phenoxy) is 1. The van der Waals surface area contributed by atoms with Crippen molar-refractivity contribution in [3.63, 3.8) is 0 Å². The molecule has 5 nitrogen and oxygen atoms in total. The summed E-state index contributed by atoms with van der Waals surface area (Å²) in [7, 11) is 0. The van der Waals surface area contributed by atoms with E-state index in [1.807, 2.05) is 36.4 Å². The second-order valence-corrected chi connectivity index (χ2v) is 5.44. The lowest BCUT2D eigenvalue weighted by atomic mass is 10.0. The first-order valence-electron chi connectivity index (χ1n) is 7.69. The van der Waals surface area contributed by atoms with Gasteiger partial charge in [-0.1, -0.05) is 36.4 Å². The molecule has 3 aromatic rings. The maximum absolute atomic E-state index is 12.1. The molecule has 5 heteroatoms. The van der Waals surface area contributed by atoms with E-state index in [-0.39, 0.29) is 17.9 Å². The summed E-state index contributed by atoms with van der Waals surface area (Å²) in [5.41, 5.74) is 1.61. The van der Waals surface area contributed by atoms with Gasteiger partial charge in [-0.05, 0) is 36.6 Å². The fraction of sp³-hybridized carbons (Fsp3) is 0.158. The minimum absolute atomic E-state index is 0.131. The molecule has 0 bridgehead atoms. The Labute approximate surface area is 138 Å². The van der Waals surface area contributed by atoms with Crippen molar-refractivity contribution in [1.82, 2.24) is 4.98 Å². The number of rotatable bonds is 4. The lowest BCUT2D eigenvalue weighted by Crippen LogP contribution is -2.20. The number of H-pyrrole nitrogens is 1. The Hall–Kier alpha value is -3.08. The zero-order chi connectivity index (χ0) is 17.1. The van der Waals surface area contributed by atoms with Crippen molar-refractivity contribution in [2.75, 3.05) is 6.61 Å². The third-order valence-corrected chi connectivity index (χ3v) is 3.78. The van der Waals surface area contributed by atoms with Crippen molar-refractivity contribution >= 4 is 16.9 Å². The summed E-state index contributed by atoms with van der Waals surface area (Å²) in [6, 6.07) is 15.3. The smallest absolute Gasteiger partial charge is 0.347 e. The van der Waals surface area contributed by atoms with Crippen LogP contribution in [-0.4, -0.2) is 22.7 Å². The van der Waals surface area contributed by atoms with Gasteiger partial charge < -0.3 is 14.8 Å². The van der Waals surface area contributed by atoms with Gasteiger partial charge in [0.05, 0.1) is 12.1 Å². The summed E-state index contributed by atoms with van der Waals surface area (Å²) < 4.78 is 4.82. The number of aromatic amines is 1. The molecule has 0 saturated carbocycles. The van der Waals surface area contributed by atoms with Gasteiger partial charge in [0, 0.05) is 5.39 Å². The molecule has 2 N–H and O–H groups in total. The van der Waals surface area contributed by atoms with E-state index in [0.29, 0.717) is 17.3 Å². The van der Waals surface area contributed by atoms with E-state index in [1.54, 1.807) is 19.1 Å². The van der Waals surface area contributed by atoms with Crippen LogP contribution in [0.25, 0.3) is 10.9 Å². The van der Waals surface area contributed by atoms with Gasteiger partial charge in [0.2, 0.25) is 0 Å². The number of esters is 1. The van der Waals surface area contributed by atoms with Crippen LogP contribution in [0.1, 0.15) is 28.4 Å². The largest absolute Gasteiger partial charge is 0.506 e. The molecule has 3 rings (SSSR count). The molecule has 1 aromatic heterocycles. The molecule has 2 aromatic carbocycles. The molecule has 0 atom stereocenters.